The number of nitrogens with zero attached hydrogens (tertiary/aromatic N) is 4. The van der Waals surface area contributed by atoms with Crippen molar-refractivity contribution in [3.63, 3.8) is 0 Å². The molecule has 3 aromatic rings. The van der Waals surface area contributed by atoms with E-state index in [0.717, 1.165) is 86.8 Å². The molecule has 0 bridgehead atoms. The van der Waals surface area contributed by atoms with Crippen molar-refractivity contribution in [1.82, 2.24) is 14.9 Å². The number of carboxylic acid groups (broad SMARTS) is 1. The summed E-state index contributed by atoms with van der Waals surface area (Å²) in [6.45, 7) is 7.47. The number of anilines is 2. The molecular formula is C33H40ClN5O4. The molecule has 1 aliphatic heterocycles. The number of nitrogens with two attached hydrogens (primary N) is 1. The number of aryl methyl sites for hydroxylation is 1. The van der Waals surface area contributed by atoms with Gasteiger partial charge in [0.1, 0.15) is 18.2 Å². The normalized spacial score (nSPS) is 22.1. The summed E-state index contributed by atoms with van der Waals surface area (Å²) in [6.07, 6.45) is 4.91. The molecule has 228 valence electrons. The van der Waals surface area contributed by atoms with Crippen molar-refractivity contribution in [2.24, 2.45) is 5.41 Å². The highest BCUT2D eigenvalue weighted by molar-refractivity contribution is 6.30. The van der Waals surface area contributed by atoms with E-state index in [0.29, 0.717) is 37.0 Å². The third kappa shape index (κ3) is 6.74. The molecule has 1 saturated heterocycles. The fraction of sp³-hybridized carbons (Fsp3) is 0.485. The second-order valence-electron chi connectivity index (χ2n) is 12.2. The van der Waals surface area contributed by atoms with Crippen molar-refractivity contribution in [1.29, 1.82) is 0 Å². The summed E-state index contributed by atoms with van der Waals surface area (Å²) < 4.78 is 12.2. The lowest BCUT2D eigenvalue weighted by Gasteiger charge is -2.37. The summed E-state index contributed by atoms with van der Waals surface area (Å²) in [4.78, 5) is 25.7. The van der Waals surface area contributed by atoms with E-state index in [4.69, 9.17) is 31.8 Å². The van der Waals surface area contributed by atoms with E-state index >= 15 is 0 Å². The van der Waals surface area contributed by atoms with E-state index in [2.05, 4.69) is 26.9 Å². The Morgan fingerprint density at radius 2 is 1.81 bits per heavy atom. The summed E-state index contributed by atoms with van der Waals surface area (Å²) >= 11 is 6.00. The van der Waals surface area contributed by atoms with Crippen LogP contribution >= 0.6 is 11.6 Å². The van der Waals surface area contributed by atoms with Crippen LogP contribution in [0.2, 0.25) is 5.02 Å². The van der Waals surface area contributed by atoms with Crippen molar-refractivity contribution in [2.75, 3.05) is 50.0 Å². The SMILES string of the molecule is CC1(C(=O)O)CCC(OCCN2CCN(c3nc(N)nc4c3CCc3cc(OCc5ccc(Cl)cc5)ccc3-4)CC2)CC1. The molecule has 43 heavy (non-hydrogen) atoms. The maximum Gasteiger partial charge on any atom is 0.309 e. The lowest BCUT2D eigenvalue weighted by Crippen LogP contribution is -2.48. The van der Waals surface area contributed by atoms with Crippen molar-refractivity contribution >= 4 is 29.3 Å². The highest BCUT2D eigenvalue weighted by atomic mass is 35.5. The molecule has 0 amide bonds. The van der Waals surface area contributed by atoms with Crippen LogP contribution in [-0.2, 0) is 29.0 Å². The molecule has 2 heterocycles. The average molecular weight is 606 g/mol. The molecule has 3 aliphatic rings. The van der Waals surface area contributed by atoms with Crippen LogP contribution in [0.25, 0.3) is 11.3 Å². The number of hydrogen-bond acceptors (Lipinski definition) is 8. The number of aliphatic carboxylic acids is 1. The first-order valence-electron chi connectivity index (χ1n) is 15.3. The van der Waals surface area contributed by atoms with Crippen LogP contribution in [0.15, 0.2) is 42.5 Å². The highest BCUT2D eigenvalue weighted by Gasteiger charge is 2.37. The quantitative estimate of drug-likeness (QED) is 0.338. The molecule has 1 saturated carbocycles. The molecule has 0 atom stereocenters. The van der Waals surface area contributed by atoms with E-state index in [1.807, 2.05) is 37.3 Å². The number of carbonyl (C=O) groups is 1. The number of aromatic nitrogens is 2. The Labute approximate surface area is 258 Å². The molecule has 0 spiro atoms. The van der Waals surface area contributed by atoms with Gasteiger partial charge in [-0.2, -0.15) is 4.98 Å². The van der Waals surface area contributed by atoms with Gasteiger partial charge < -0.3 is 25.2 Å². The van der Waals surface area contributed by atoms with Crippen LogP contribution in [0.3, 0.4) is 0 Å². The van der Waals surface area contributed by atoms with Gasteiger partial charge in [0.25, 0.3) is 0 Å². The zero-order valence-corrected chi connectivity index (χ0v) is 25.5. The minimum Gasteiger partial charge on any atom is -0.489 e. The third-order valence-corrected chi connectivity index (χ3v) is 9.53. The molecule has 3 N–H and O–H groups in total. The first kappa shape index (κ1) is 29.7. The Bertz CT molecular complexity index is 1450. The monoisotopic (exact) mass is 605 g/mol. The lowest BCUT2D eigenvalue weighted by atomic mass is 9.75. The number of hydrogen-bond donors (Lipinski definition) is 2. The number of rotatable bonds is 9. The minimum absolute atomic E-state index is 0.165. The fourth-order valence-corrected chi connectivity index (χ4v) is 6.57. The van der Waals surface area contributed by atoms with Gasteiger partial charge in [-0.1, -0.05) is 23.7 Å². The summed E-state index contributed by atoms with van der Waals surface area (Å²) in [5.74, 6) is 1.40. The minimum atomic E-state index is -0.690. The summed E-state index contributed by atoms with van der Waals surface area (Å²) in [6, 6.07) is 13.9. The van der Waals surface area contributed by atoms with Crippen LogP contribution in [0, 0.1) is 5.41 Å². The number of ether oxygens (including phenoxy) is 2. The molecule has 2 aliphatic carbocycles. The van der Waals surface area contributed by atoms with Gasteiger partial charge in [-0.3, -0.25) is 9.69 Å². The average Bonchev–Trinajstić information content (AvgIpc) is 3.01. The summed E-state index contributed by atoms with van der Waals surface area (Å²) in [5, 5.41) is 10.2. The second-order valence-corrected chi connectivity index (χ2v) is 12.7. The molecule has 10 heteroatoms. The van der Waals surface area contributed by atoms with Crippen LogP contribution in [0.4, 0.5) is 11.8 Å². The number of nitrogen functional groups attached to an aromatic ring is 1. The van der Waals surface area contributed by atoms with Gasteiger partial charge in [-0.25, -0.2) is 4.98 Å². The Morgan fingerprint density at radius 1 is 1.07 bits per heavy atom. The van der Waals surface area contributed by atoms with Crippen LogP contribution in [-0.4, -0.2) is 71.4 Å². The molecule has 2 fully saturated rings. The van der Waals surface area contributed by atoms with Gasteiger partial charge in [0.05, 0.1) is 23.8 Å². The molecule has 1 aromatic heterocycles. The standard InChI is InChI=1S/C33H40ClN5O4/c1-33(31(40)41)12-10-25(11-13-33)42-19-18-38-14-16-39(17-15-38)30-28-8-4-23-20-26(43-21-22-2-5-24(34)6-3-22)7-9-27(23)29(28)36-32(35)37-30/h2-3,5-7,9,20,25H,4,8,10-19,21H2,1H3,(H,40,41)(H2,35,36,37). The number of piperazine rings is 1. The van der Waals surface area contributed by atoms with Gasteiger partial charge in [0.15, 0.2) is 0 Å². The maximum absolute atomic E-state index is 11.5. The van der Waals surface area contributed by atoms with Gasteiger partial charge >= 0.3 is 5.97 Å². The molecule has 0 unspecified atom stereocenters. The van der Waals surface area contributed by atoms with Crippen molar-refractivity contribution in [3.8, 4) is 17.0 Å². The van der Waals surface area contributed by atoms with Crippen molar-refractivity contribution < 1.29 is 19.4 Å². The van der Waals surface area contributed by atoms with Gasteiger partial charge in [-0.05, 0) is 86.9 Å². The maximum atomic E-state index is 11.5. The lowest BCUT2D eigenvalue weighted by molar-refractivity contribution is -0.151. The first-order chi connectivity index (χ1) is 20.8. The molecular weight excluding hydrogens is 566 g/mol. The summed E-state index contributed by atoms with van der Waals surface area (Å²) in [5.41, 5.74) is 11.1. The van der Waals surface area contributed by atoms with Crippen LogP contribution in [0.5, 0.6) is 5.75 Å². The van der Waals surface area contributed by atoms with Crippen LogP contribution in [0.1, 0.15) is 49.3 Å². The largest absolute Gasteiger partial charge is 0.489 e. The van der Waals surface area contributed by atoms with E-state index in [9.17, 15) is 9.90 Å². The van der Waals surface area contributed by atoms with E-state index < -0.39 is 11.4 Å². The Balaban J connectivity index is 1.04. The van der Waals surface area contributed by atoms with Crippen molar-refractivity contribution in [3.05, 3.63) is 64.2 Å². The number of fused-ring (bicyclic) bond motifs is 3. The van der Waals surface area contributed by atoms with Gasteiger partial charge in [-0.15, -0.1) is 0 Å². The third-order valence-electron chi connectivity index (χ3n) is 9.28. The number of carboxylic acids is 1. The van der Waals surface area contributed by atoms with E-state index in [1.165, 1.54) is 11.1 Å². The van der Waals surface area contributed by atoms with Crippen molar-refractivity contribution in [2.45, 2.75) is 58.2 Å². The smallest absolute Gasteiger partial charge is 0.309 e. The molecule has 6 rings (SSSR count). The molecule has 9 nitrogen and oxygen atoms in total. The zero-order chi connectivity index (χ0) is 30.0. The van der Waals surface area contributed by atoms with Gasteiger partial charge in [0, 0.05) is 48.9 Å². The highest BCUT2D eigenvalue weighted by Crippen LogP contribution is 2.39. The topological polar surface area (TPSA) is 114 Å². The van der Waals surface area contributed by atoms with Gasteiger partial charge in [0.2, 0.25) is 5.95 Å². The van der Waals surface area contributed by atoms with Crippen LogP contribution < -0.4 is 15.4 Å². The Kier molecular flexibility index (Phi) is 8.75. The van der Waals surface area contributed by atoms with E-state index in [-0.39, 0.29) is 6.10 Å². The molecule has 0 radical (unpaired) electrons. The Hall–Kier alpha value is -3.40. The number of benzene rings is 2. The fourth-order valence-electron chi connectivity index (χ4n) is 6.45. The predicted octanol–water partition coefficient (Wildman–Crippen LogP) is 5.23. The predicted molar refractivity (Wildman–Crippen MR) is 168 cm³/mol. The van der Waals surface area contributed by atoms with E-state index in [1.54, 1.807) is 0 Å². The second kappa shape index (κ2) is 12.7. The summed E-state index contributed by atoms with van der Waals surface area (Å²) in [7, 11) is 0. The Morgan fingerprint density at radius 3 is 2.53 bits per heavy atom. The number of halogens is 1. The first-order valence-corrected chi connectivity index (χ1v) is 15.6. The molecule has 2 aromatic carbocycles. The zero-order valence-electron chi connectivity index (χ0n) is 24.7.